The lowest BCUT2D eigenvalue weighted by molar-refractivity contribution is 0.465. The largest absolute Gasteiger partial charge is 0.508 e. The highest BCUT2D eigenvalue weighted by atomic mass is 16.3. The molecule has 1 heteroatoms. The van der Waals surface area contributed by atoms with Gasteiger partial charge in [0.25, 0.3) is 0 Å². The molecule has 0 amide bonds. The van der Waals surface area contributed by atoms with Crippen molar-refractivity contribution in [2.75, 3.05) is 0 Å². The van der Waals surface area contributed by atoms with Crippen LogP contribution in [0.15, 0.2) is 42.5 Å². The average Bonchev–Trinajstić information content (AvgIpc) is 2.38. The summed E-state index contributed by atoms with van der Waals surface area (Å²) in [5, 5.41) is 10.2. The maximum absolute atomic E-state index is 10.2. The quantitative estimate of drug-likeness (QED) is 0.787. The molecule has 0 aliphatic carbocycles. The van der Waals surface area contributed by atoms with Gasteiger partial charge in [-0.05, 0) is 34.6 Å². The Morgan fingerprint density at radius 3 is 1.95 bits per heavy atom. The van der Waals surface area contributed by atoms with E-state index < -0.39 is 0 Å². The first-order valence-corrected chi connectivity index (χ1v) is 6.93. The minimum atomic E-state index is 0.300. The number of phenols is 1. The second-order valence-electron chi connectivity index (χ2n) is 5.64. The van der Waals surface area contributed by atoms with Gasteiger partial charge >= 0.3 is 0 Å². The highest BCUT2D eigenvalue weighted by Crippen LogP contribution is 2.40. The fourth-order valence-electron chi connectivity index (χ4n) is 2.62. The van der Waals surface area contributed by atoms with Gasteiger partial charge in [-0.25, -0.2) is 0 Å². The third-order valence-electron chi connectivity index (χ3n) is 3.52. The number of hydrogen-bond acceptors (Lipinski definition) is 1. The number of phenolic OH excluding ortho intramolecular Hbond substituents is 1. The first-order chi connectivity index (χ1) is 9.02. The molecule has 0 saturated carbocycles. The smallest absolute Gasteiger partial charge is 0.119 e. The van der Waals surface area contributed by atoms with E-state index in [1.807, 2.05) is 30.3 Å². The van der Waals surface area contributed by atoms with Crippen LogP contribution in [-0.2, 0) is 0 Å². The molecule has 1 N–H and O–H groups in total. The normalized spacial score (nSPS) is 11.3. The van der Waals surface area contributed by atoms with Crippen LogP contribution >= 0.6 is 0 Å². The molecule has 0 saturated heterocycles. The van der Waals surface area contributed by atoms with Crippen LogP contribution in [0.25, 0.3) is 11.1 Å². The van der Waals surface area contributed by atoms with Crippen LogP contribution < -0.4 is 0 Å². The number of benzene rings is 2. The molecular weight excluding hydrogens is 232 g/mol. The molecule has 0 radical (unpaired) electrons. The predicted molar refractivity (Wildman–Crippen MR) is 81.7 cm³/mol. The summed E-state index contributed by atoms with van der Waals surface area (Å²) >= 11 is 0. The molecule has 0 aromatic heterocycles. The van der Waals surface area contributed by atoms with Gasteiger partial charge in [-0.1, -0.05) is 64.1 Å². The monoisotopic (exact) mass is 254 g/mol. The van der Waals surface area contributed by atoms with Crippen LogP contribution in [0.5, 0.6) is 5.75 Å². The minimum absolute atomic E-state index is 0.300. The maximum atomic E-state index is 10.2. The van der Waals surface area contributed by atoms with E-state index >= 15 is 0 Å². The van der Waals surface area contributed by atoms with Crippen molar-refractivity contribution < 1.29 is 5.11 Å². The van der Waals surface area contributed by atoms with Crippen molar-refractivity contribution in [1.29, 1.82) is 0 Å². The summed E-state index contributed by atoms with van der Waals surface area (Å²) < 4.78 is 0. The molecule has 0 bridgehead atoms. The Hall–Kier alpha value is -1.76. The van der Waals surface area contributed by atoms with Gasteiger partial charge in [0.2, 0.25) is 0 Å². The van der Waals surface area contributed by atoms with E-state index in [1.54, 1.807) is 0 Å². The minimum Gasteiger partial charge on any atom is -0.508 e. The summed E-state index contributed by atoms with van der Waals surface area (Å²) in [7, 11) is 0. The zero-order valence-electron chi connectivity index (χ0n) is 12.1. The van der Waals surface area contributed by atoms with E-state index in [9.17, 15) is 5.11 Å². The van der Waals surface area contributed by atoms with Crippen molar-refractivity contribution in [3.63, 3.8) is 0 Å². The average molecular weight is 254 g/mol. The fourth-order valence-corrected chi connectivity index (χ4v) is 2.62. The van der Waals surface area contributed by atoms with E-state index in [1.165, 1.54) is 16.7 Å². The number of rotatable bonds is 3. The van der Waals surface area contributed by atoms with Crippen LogP contribution in [0.2, 0.25) is 0 Å². The zero-order chi connectivity index (χ0) is 14.0. The molecule has 2 aromatic carbocycles. The Morgan fingerprint density at radius 1 is 0.789 bits per heavy atom. The molecule has 0 unspecified atom stereocenters. The highest BCUT2D eigenvalue weighted by Gasteiger charge is 2.18. The lowest BCUT2D eigenvalue weighted by Gasteiger charge is -2.21. The zero-order valence-corrected chi connectivity index (χ0v) is 12.1. The molecule has 2 rings (SSSR count). The summed E-state index contributed by atoms with van der Waals surface area (Å²) in [6.07, 6.45) is 0. The first-order valence-electron chi connectivity index (χ1n) is 6.93. The lowest BCUT2D eigenvalue weighted by Crippen LogP contribution is -2.00. The van der Waals surface area contributed by atoms with Gasteiger partial charge in [-0.3, -0.25) is 0 Å². The Bertz CT molecular complexity index is 553. The van der Waals surface area contributed by atoms with Crippen molar-refractivity contribution in [3.05, 3.63) is 53.6 Å². The van der Waals surface area contributed by atoms with Crippen LogP contribution in [0.3, 0.4) is 0 Å². The standard InChI is InChI=1S/C18H22O/c1-12(2)15-10-11-16(19)17(13(3)4)18(15)14-8-6-5-7-9-14/h5-13,19H,1-4H3. The summed E-state index contributed by atoms with van der Waals surface area (Å²) in [6, 6.07) is 14.2. The molecule has 2 aromatic rings. The van der Waals surface area contributed by atoms with Crippen molar-refractivity contribution in [1.82, 2.24) is 0 Å². The van der Waals surface area contributed by atoms with Crippen LogP contribution in [0.1, 0.15) is 50.7 Å². The molecule has 0 aliphatic heterocycles. The summed E-state index contributed by atoms with van der Waals surface area (Å²) in [6.45, 7) is 8.66. The van der Waals surface area contributed by atoms with E-state index in [0.717, 1.165) is 5.56 Å². The summed E-state index contributed by atoms with van der Waals surface area (Å²) in [4.78, 5) is 0. The number of hydrogen-bond donors (Lipinski definition) is 1. The highest BCUT2D eigenvalue weighted by molar-refractivity contribution is 5.75. The Balaban J connectivity index is 2.77. The Morgan fingerprint density at radius 2 is 1.42 bits per heavy atom. The van der Waals surface area contributed by atoms with Crippen LogP contribution in [0.4, 0.5) is 0 Å². The van der Waals surface area contributed by atoms with Crippen molar-refractivity contribution in [2.45, 2.75) is 39.5 Å². The van der Waals surface area contributed by atoms with Gasteiger partial charge in [0.05, 0.1) is 0 Å². The van der Waals surface area contributed by atoms with Gasteiger partial charge in [-0.2, -0.15) is 0 Å². The Kier molecular flexibility index (Phi) is 3.94. The van der Waals surface area contributed by atoms with Gasteiger partial charge < -0.3 is 5.11 Å². The molecular formula is C18H22O. The molecule has 1 nitrogen and oxygen atoms in total. The van der Waals surface area contributed by atoms with Gasteiger partial charge in [-0.15, -0.1) is 0 Å². The van der Waals surface area contributed by atoms with Gasteiger partial charge in [0, 0.05) is 5.56 Å². The van der Waals surface area contributed by atoms with Crippen LogP contribution in [-0.4, -0.2) is 5.11 Å². The van der Waals surface area contributed by atoms with E-state index in [2.05, 4.69) is 39.8 Å². The molecule has 0 spiro atoms. The van der Waals surface area contributed by atoms with Crippen molar-refractivity contribution in [2.24, 2.45) is 0 Å². The molecule has 0 fully saturated rings. The SMILES string of the molecule is CC(C)c1ccc(O)c(C(C)C)c1-c1ccccc1. The summed E-state index contributed by atoms with van der Waals surface area (Å²) in [5.74, 6) is 1.14. The van der Waals surface area contributed by atoms with Gasteiger partial charge in [0.1, 0.15) is 5.75 Å². The molecule has 0 aliphatic rings. The second-order valence-corrected chi connectivity index (χ2v) is 5.64. The molecule has 0 heterocycles. The topological polar surface area (TPSA) is 20.2 Å². The van der Waals surface area contributed by atoms with Crippen LogP contribution in [0, 0.1) is 0 Å². The van der Waals surface area contributed by atoms with Crippen molar-refractivity contribution >= 4 is 0 Å². The molecule has 0 atom stereocenters. The second kappa shape index (κ2) is 5.48. The molecule has 19 heavy (non-hydrogen) atoms. The molecule has 100 valence electrons. The summed E-state index contributed by atoms with van der Waals surface area (Å²) in [5.41, 5.74) is 4.74. The fraction of sp³-hybridized carbons (Fsp3) is 0.333. The van der Waals surface area contributed by atoms with E-state index in [4.69, 9.17) is 0 Å². The third kappa shape index (κ3) is 2.65. The lowest BCUT2D eigenvalue weighted by atomic mass is 9.84. The van der Waals surface area contributed by atoms with E-state index in [-0.39, 0.29) is 0 Å². The van der Waals surface area contributed by atoms with Gasteiger partial charge in [0.15, 0.2) is 0 Å². The predicted octanol–water partition coefficient (Wildman–Crippen LogP) is 5.31. The van der Waals surface area contributed by atoms with Crippen molar-refractivity contribution in [3.8, 4) is 16.9 Å². The maximum Gasteiger partial charge on any atom is 0.119 e. The number of aromatic hydroxyl groups is 1. The van der Waals surface area contributed by atoms with E-state index in [0.29, 0.717) is 17.6 Å². The third-order valence-corrected chi connectivity index (χ3v) is 3.52. The Labute approximate surface area is 115 Å². The first kappa shape index (κ1) is 13.7.